The zero-order chi connectivity index (χ0) is 48.7. The summed E-state index contributed by atoms with van der Waals surface area (Å²) < 4.78 is 42.9. The highest BCUT2D eigenvalue weighted by Crippen LogP contribution is 2.34. The lowest BCUT2D eigenvalue weighted by molar-refractivity contribution is -0.384. The number of fused-ring (bicyclic) bond motifs is 2. The van der Waals surface area contributed by atoms with Crippen molar-refractivity contribution in [2.75, 3.05) is 44.4 Å². The number of carbonyl (C=O) groups excluding carboxylic acids is 1. The Morgan fingerprint density at radius 1 is 0.928 bits per heavy atom. The molecule has 2 aromatic heterocycles. The Bertz CT molecular complexity index is 3090. The average molecular weight is 971 g/mol. The number of likely N-dealkylation sites (tertiary alicyclic amines) is 1. The Morgan fingerprint density at radius 2 is 1.64 bits per heavy atom. The summed E-state index contributed by atoms with van der Waals surface area (Å²) >= 11 is 1.63. The van der Waals surface area contributed by atoms with Gasteiger partial charge in [-0.15, -0.1) is 11.8 Å². The van der Waals surface area contributed by atoms with Crippen LogP contribution in [-0.2, 0) is 21.2 Å². The summed E-state index contributed by atoms with van der Waals surface area (Å²) in [6, 6.07) is 35.6. The molecule has 1 aliphatic rings. The van der Waals surface area contributed by atoms with Crippen molar-refractivity contribution in [1.82, 2.24) is 19.2 Å². The lowest BCUT2D eigenvalue weighted by Crippen LogP contribution is -2.39. The van der Waals surface area contributed by atoms with Gasteiger partial charge >= 0.3 is 5.97 Å². The number of nitro groups is 1. The second-order valence-electron chi connectivity index (χ2n) is 17.2. The van der Waals surface area contributed by atoms with Crippen LogP contribution in [0.4, 0.5) is 11.4 Å². The molecular weight excluding hydrogens is 917 g/mol. The van der Waals surface area contributed by atoms with Crippen LogP contribution in [0.25, 0.3) is 27.5 Å². The SMILES string of the molecule is COC1CCN(CC[C@H](CSc2ccccc2)Nc2ccc(S(=O)(=O)NC(=O)c3cc(C)c(-c4cccc5c(CCCOc6cccc7ccccc67)c(C(=O)O)nn45)c(C)c3)cc2[N+](=O)[O-])CC1. The number of hydrogen-bond acceptors (Lipinski definition) is 12. The summed E-state index contributed by atoms with van der Waals surface area (Å²) in [5, 5.41) is 32.7. The number of hydrogen-bond donors (Lipinski definition) is 3. The van der Waals surface area contributed by atoms with E-state index in [2.05, 4.69) is 20.0 Å². The quantitative estimate of drug-likeness (QED) is 0.0283. The van der Waals surface area contributed by atoms with Crippen molar-refractivity contribution >= 4 is 61.3 Å². The first kappa shape index (κ1) is 48.7. The van der Waals surface area contributed by atoms with Crippen LogP contribution in [0.2, 0.25) is 0 Å². The summed E-state index contributed by atoms with van der Waals surface area (Å²) in [6.45, 7) is 6.44. The summed E-state index contributed by atoms with van der Waals surface area (Å²) in [7, 11) is -2.85. The third-order valence-corrected chi connectivity index (χ3v) is 15.0. The van der Waals surface area contributed by atoms with E-state index in [9.17, 15) is 33.2 Å². The van der Waals surface area contributed by atoms with E-state index in [0.29, 0.717) is 65.1 Å². The monoisotopic (exact) mass is 970 g/mol. The number of thioether (sulfide) groups is 1. The number of aromatic nitrogens is 2. The third-order valence-electron chi connectivity index (χ3n) is 12.5. The number of sulfonamides is 1. The third kappa shape index (κ3) is 11.4. The summed E-state index contributed by atoms with van der Waals surface area (Å²) in [4.78, 5) is 41.1. The summed E-state index contributed by atoms with van der Waals surface area (Å²) in [6.07, 6.45) is 3.71. The molecule has 0 spiro atoms. The van der Waals surface area contributed by atoms with Gasteiger partial charge in [0.2, 0.25) is 0 Å². The van der Waals surface area contributed by atoms with Gasteiger partial charge < -0.3 is 24.8 Å². The van der Waals surface area contributed by atoms with E-state index >= 15 is 0 Å². The fourth-order valence-electron chi connectivity index (χ4n) is 9.01. The van der Waals surface area contributed by atoms with Crippen LogP contribution < -0.4 is 14.8 Å². The van der Waals surface area contributed by atoms with E-state index < -0.39 is 37.4 Å². The van der Waals surface area contributed by atoms with E-state index in [-0.39, 0.29) is 29.1 Å². The number of nitrogens with one attached hydrogen (secondary N) is 2. The number of carbonyl (C=O) groups is 2. The number of anilines is 1. The second-order valence-corrected chi connectivity index (χ2v) is 19.9. The van der Waals surface area contributed by atoms with Crippen molar-refractivity contribution < 1.29 is 37.5 Å². The molecule has 1 amide bonds. The largest absolute Gasteiger partial charge is 0.493 e. The fraction of sp³-hybridized carbons (Fsp3) is 0.288. The molecule has 5 aromatic carbocycles. The zero-order valence-corrected chi connectivity index (χ0v) is 40.2. The molecule has 0 radical (unpaired) electrons. The number of rotatable bonds is 20. The maximum atomic E-state index is 13.8. The van der Waals surface area contributed by atoms with Gasteiger partial charge in [0.05, 0.1) is 33.7 Å². The van der Waals surface area contributed by atoms with Crippen molar-refractivity contribution in [2.24, 2.45) is 0 Å². The number of carboxylic acids is 1. The number of nitrogens with zero attached hydrogens (tertiary/aromatic N) is 4. The number of aryl methyl sites for hydroxylation is 3. The molecule has 0 unspecified atom stereocenters. The predicted octanol–water partition coefficient (Wildman–Crippen LogP) is 9.58. The van der Waals surface area contributed by atoms with E-state index in [1.807, 2.05) is 84.9 Å². The molecule has 1 fully saturated rings. The molecule has 3 heterocycles. The van der Waals surface area contributed by atoms with Crippen molar-refractivity contribution in [3.8, 4) is 17.0 Å². The van der Waals surface area contributed by atoms with E-state index in [1.165, 1.54) is 12.1 Å². The molecular formula is C52H54N6O9S2. The molecule has 7 aromatic rings. The van der Waals surface area contributed by atoms with Gasteiger partial charge in [0, 0.05) is 71.6 Å². The molecule has 0 bridgehead atoms. The summed E-state index contributed by atoms with van der Waals surface area (Å²) in [5.74, 6) is -0.739. The smallest absolute Gasteiger partial charge is 0.356 e. The maximum Gasteiger partial charge on any atom is 0.356 e. The first-order valence-electron chi connectivity index (χ1n) is 22.8. The van der Waals surface area contributed by atoms with Crippen LogP contribution in [0.15, 0.2) is 131 Å². The van der Waals surface area contributed by atoms with Crippen LogP contribution in [-0.4, -0.2) is 96.1 Å². The van der Waals surface area contributed by atoms with E-state index in [0.717, 1.165) is 60.0 Å². The molecule has 1 aliphatic heterocycles. The summed E-state index contributed by atoms with van der Waals surface area (Å²) in [5.41, 5.74) is 3.33. The van der Waals surface area contributed by atoms with Crippen LogP contribution in [0, 0.1) is 24.0 Å². The van der Waals surface area contributed by atoms with Crippen LogP contribution >= 0.6 is 11.8 Å². The molecule has 69 heavy (non-hydrogen) atoms. The van der Waals surface area contributed by atoms with E-state index in [1.54, 1.807) is 55.4 Å². The lowest BCUT2D eigenvalue weighted by Gasteiger charge is -2.32. The number of pyridine rings is 1. The van der Waals surface area contributed by atoms with Gasteiger partial charge in [-0.05, 0) is 117 Å². The van der Waals surface area contributed by atoms with Gasteiger partial charge in [-0.3, -0.25) is 14.9 Å². The Balaban J connectivity index is 0.974. The molecule has 15 nitrogen and oxygen atoms in total. The number of ether oxygens (including phenoxy) is 2. The lowest BCUT2D eigenvalue weighted by atomic mass is 9.96. The molecule has 3 N–H and O–H groups in total. The predicted molar refractivity (Wildman–Crippen MR) is 268 cm³/mol. The van der Waals surface area contributed by atoms with E-state index in [4.69, 9.17) is 9.47 Å². The van der Waals surface area contributed by atoms with Gasteiger partial charge in [0.15, 0.2) is 5.69 Å². The highest BCUT2D eigenvalue weighted by atomic mass is 32.2. The Morgan fingerprint density at radius 3 is 2.36 bits per heavy atom. The highest BCUT2D eigenvalue weighted by Gasteiger charge is 2.28. The molecule has 1 saturated heterocycles. The Labute approximate surface area is 405 Å². The number of nitro benzene ring substituents is 1. The van der Waals surface area contributed by atoms with Gasteiger partial charge in [0.1, 0.15) is 11.4 Å². The number of methoxy groups -OCH3 is 1. The second kappa shape index (κ2) is 21.7. The standard InChI is InChI=1S/C52H54N6O9S2/c1-34-30-37(31-35(2)49(34)46-19-10-18-45-43(50(52(60)61)54-57(45)46)17-11-29-67-48-20-9-13-36-12-7-8-16-42(36)48)51(59)55-69(64,65)41-21-22-44(47(32-41)58(62)63)53-38(33-68-40-14-5-4-6-15-40)23-26-56-27-24-39(66-3)25-28-56/h4-10,12-16,18-22,30-32,38-39,53H,11,17,23-29,33H2,1-3H3,(H,55,59)(H,60,61)/t38-/m1/s1. The Hall–Kier alpha value is -6.79. The highest BCUT2D eigenvalue weighted by molar-refractivity contribution is 7.99. The molecule has 1 atom stereocenters. The number of carboxylic acid groups (broad SMARTS) is 1. The molecule has 17 heteroatoms. The zero-order valence-electron chi connectivity index (χ0n) is 38.6. The first-order chi connectivity index (χ1) is 33.3. The van der Waals surface area contributed by atoms with Crippen LogP contribution in [0.1, 0.15) is 63.2 Å². The van der Waals surface area contributed by atoms with Crippen LogP contribution in [0.3, 0.4) is 0 Å². The van der Waals surface area contributed by atoms with Crippen molar-refractivity contribution in [3.05, 3.63) is 159 Å². The Kier molecular flexibility index (Phi) is 15.3. The minimum atomic E-state index is -4.58. The number of piperidine rings is 1. The molecule has 358 valence electrons. The minimum Gasteiger partial charge on any atom is -0.493 e. The van der Waals surface area contributed by atoms with Crippen molar-refractivity contribution in [2.45, 2.75) is 67.9 Å². The molecule has 8 rings (SSSR count). The number of amides is 1. The van der Waals surface area contributed by atoms with Crippen molar-refractivity contribution in [1.29, 1.82) is 0 Å². The average Bonchev–Trinajstić information content (AvgIpc) is 3.73. The normalized spacial score (nSPS) is 13.9. The number of aromatic carboxylic acids is 1. The van der Waals surface area contributed by atoms with Crippen molar-refractivity contribution in [3.63, 3.8) is 0 Å². The van der Waals surface area contributed by atoms with Gasteiger partial charge in [-0.2, -0.15) is 5.10 Å². The number of benzene rings is 5. The van der Waals surface area contributed by atoms with Gasteiger partial charge in [-0.25, -0.2) is 22.4 Å². The first-order valence-corrected chi connectivity index (χ1v) is 25.3. The maximum absolute atomic E-state index is 13.8. The minimum absolute atomic E-state index is 0.0427. The topological polar surface area (TPSA) is 195 Å². The molecule has 0 saturated carbocycles. The van der Waals surface area contributed by atoms with Crippen LogP contribution in [0.5, 0.6) is 5.75 Å². The fourth-order valence-corrected chi connectivity index (χ4v) is 11.0. The molecule has 0 aliphatic carbocycles. The van der Waals surface area contributed by atoms with Gasteiger partial charge in [-0.1, -0.05) is 60.7 Å². The van der Waals surface area contributed by atoms with Gasteiger partial charge in [0.25, 0.3) is 21.6 Å².